The minimum Gasteiger partial charge on any atom is -0.481 e. The van der Waals surface area contributed by atoms with E-state index in [1.54, 1.807) is 13.2 Å². The molecule has 1 heterocycles. The standard InChI is InChI=1S/C9H14N4O/c1-3-4-11-9(10)7-5-8(14-2)13-6-12-7/h5-6H,3-4H2,1-2H3,(H2,10,11). The molecule has 0 fully saturated rings. The van der Waals surface area contributed by atoms with Crippen molar-refractivity contribution in [3.63, 3.8) is 0 Å². The van der Waals surface area contributed by atoms with Crippen molar-refractivity contribution in [3.8, 4) is 5.88 Å². The molecule has 1 aromatic heterocycles. The number of hydrogen-bond donors (Lipinski definition) is 1. The highest BCUT2D eigenvalue weighted by Gasteiger charge is 2.01. The Kier molecular flexibility index (Phi) is 3.84. The van der Waals surface area contributed by atoms with Crippen molar-refractivity contribution in [2.24, 2.45) is 10.7 Å². The van der Waals surface area contributed by atoms with E-state index in [-0.39, 0.29) is 0 Å². The third-order valence-electron chi connectivity index (χ3n) is 1.62. The molecule has 1 rings (SSSR count). The number of aliphatic imine (C=N–C) groups is 1. The Morgan fingerprint density at radius 3 is 3.00 bits per heavy atom. The summed E-state index contributed by atoms with van der Waals surface area (Å²) < 4.78 is 4.95. The van der Waals surface area contributed by atoms with Crippen LogP contribution in [0, 0.1) is 0 Å². The number of nitrogens with two attached hydrogens (primary N) is 1. The van der Waals surface area contributed by atoms with Crippen LogP contribution in [0.2, 0.25) is 0 Å². The molecule has 0 bridgehead atoms. The van der Waals surface area contributed by atoms with E-state index < -0.39 is 0 Å². The number of aromatic nitrogens is 2. The maximum atomic E-state index is 5.71. The van der Waals surface area contributed by atoms with Crippen molar-refractivity contribution < 1.29 is 4.74 Å². The second-order valence-corrected chi connectivity index (χ2v) is 2.71. The molecular formula is C9H14N4O. The van der Waals surface area contributed by atoms with Gasteiger partial charge in [0.1, 0.15) is 17.9 Å². The van der Waals surface area contributed by atoms with E-state index in [1.807, 2.05) is 6.92 Å². The Hall–Kier alpha value is -1.65. The molecule has 0 aliphatic rings. The van der Waals surface area contributed by atoms with Gasteiger partial charge >= 0.3 is 0 Å². The van der Waals surface area contributed by atoms with Crippen LogP contribution >= 0.6 is 0 Å². The second kappa shape index (κ2) is 5.16. The predicted octanol–water partition coefficient (Wildman–Crippen LogP) is 0.601. The summed E-state index contributed by atoms with van der Waals surface area (Å²) in [4.78, 5) is 12.0. The summed E-state index contributed by atoms with van der Waals surface area (Å²) >= 11 is 0. The fourth-order valence-electron chi connectivity index (χ4n) is 0.904. The lowest BCUT2D eigenvalue weighted by molar-refractivity contribution is 0.396. The highest BCUT2D eigenvalue weighted by molar-refractivity contribution is 5.95. The van der Waals surface area contributed by atoms with Gasteiger partial charge in [-0.15, -0.1) is 0 Å². The topological polar surface area (TPSA) is 73.4 Å². The van der Waals surface area contributed by atoms with Gasteiger partial charge in [0.2, 0.25) is 5.88 Å². The number of amidine groups is 1. The van der Waals surface area contributed by atoms with Gasteiger partial charge in [0.05, 0.1) is 7.11 Å². The van der Waals surface area contributed by atoms with E-state index in [4.69, 9.17) is 10.5 Å². The third kappa shape index (κ3) is 2.69. The summed E-state index contributed by atoms with van der Waals surface area (Å²) in [5.41, 5.74) is 6.31. The van der Waals surface area contributed by atoms with Crippen LogP contribution in [0.1, 0.15) is 19.0 Å². The summed E-state index contributed by atoms with van der Waals surface area (Å²) in [5, 5.41) is 0. The Labute approximate surface area is 83.0 Å². The lowest BCUT2D eigenvalue weighted by atomic mass is 10.3. The molecule has 0 aliphatic carbocycles. The Bertz CT molecular complexity index is 324. The van der Waals surface area contributed by atoms with E-state index in [0.717, 1.165) is 6.42 Å². The van der Waals surface area contributed by atoms with Gasteiger partial charge in [-0.05, 0) is 6.42 Å². The molecule has 0 saturated heterocycles. The maximum absolute atomic E-state index is 5.71. The zero-order valence-corrected chi connectivity index (χ0v) is 8.40. The molecule has 0 aliphatic heterocycles. The minimum absolute atomic E-state index is 0.424. The zero-order valence-electron chi connectivity index (χ0n) is 8.40. The molecule has 0 saturated carbocycles. The monoisotopic (exact) mass is 194 g/mol. The van der Waals surface area contributed by atoms with E-state index in [0.29, 0.717) is 24.0 Å². The highest BCUT2D eigenvalue weighted by Crippen LogP contribution is 2.05. The molecular weight excluding hydrogens is 180 g/mol. The first-order valence-electron chi connectivity index (χ1n) is 4.44. The van der Waals surface area contributed by atoms with Gasteiger partial charge in [-0.2, -0.15) is 0 Å². The van der Waals surface area contributed by atoms with Gasteiger partial charge in [-0.1, -0.05) is 6.92 Å². The van der Waals surface area contributed by atoms with Crippen LogP contribution in [0.25, 0.3) is 0 Å². The minimum atomic E-state index is 0.424. The SMILES string of the molecule is CCCN=C(N)c1cc(OC)ncn1. The number of nitrogens with zero attached hydrogens (tertiary/aromatic N) is 3. The number of methoxy groups -OCH3 is 1. The summed E-state index contributed by atoms with van der Waals surface area (Å²) in [6, 6.07) is 1.66. The van der Waals surface area contributed by atoms with Crippen molar-refractivity contribution >= 4 is 5.84 Å². The summed E-state index contributed by atoms with van der Waals surface area (Å²) in [6.45, 7) is 2.75. The van der Waals surface area contributed by atoms with Crippen LogP contribution < -0.4 is 10.5 Å². The number of rotatable bonds is 4. The summed E-state index contributed by atoms with van der Waals surface area (Å²) in [5.74, 6) is 0.914. The zero-order chi connectivity index (χ0) is 10.4. The number of ether oxygens (including phenoxy) is 1. The van der Waals surface area contributed by atoms with E-state index in [9.17, 15) is 0 Å². The van der Waals surface area contributed by atoms with E-state index >= 15 is 0 Å². The van der Waals surface area contributed by atoms with Crippen LogP contribution in [-0.2, 0) is 0 Å². The molecule has 1 aromatic rings. The Morgan fingerprint density at radius 1 is 1.57 bits per heavy atom. The second-order valence-electron chi connectivity index (χ2n) is 2.71. The van der Waals surface area contributed by atoms with Crippen LogP contribution in [0.3, 0.4) is 0 Å². The molecule has 0 aromatic carbocycles. The van der Waals surface area contributed by atoms with Crippen molar-refractivity contribution in [2.45, 2.75) is 13.3 Å². The summed E-state index contributed by atoms with van der Waals surface area (Å²) in [7, 11) is 1.55. The Balaban J connectivity index is 2.84. The van der Waals surface area contributed by atoms with Crippen LogP contribution in [0.15, 0.2) is 17.4 Å². The van der Waals surface area contributed by atoms with Gasteiger partial charge < -0.3 is 10.5 Å². The molecule has 2 N–H and O–H groups in total. The summed E-state index contributed by atoms with van der Waals surface area (Å²) in [6.07, 6.45) is 2.37. The third-order valence-corrected chi connectivity index (χ3v) is 1.62. The quantitative estimate of drug-likeness (QED) is 0.562. The number of hydrogen-bond acceptors (Lipinski definition) is 4. The smallest absolute Gasteiger partial charge is 0.216 e. The first-order valence-corrected chi connectivity index (χ1v) is 4.44. The average Bonchev–Trinajstić information content (AvgIpc) is 2.26. The fraction of sp³-hybridized carbons (Fsp3) is 0.444. The van der Waals surface area contributed by atoms with Crippen molar-refractivity contribution in [1.29, 1.82) is 0 Å². The molecule has 14 heavy (non-hydrogen) atoms. The van der Waals surface area contributed by atoms with Crippen molar-refractivity contribution in [3.05, 3.63) is 18.1 Å². The lowest BCUT2D eigenvalue weighted by Gasteiger charge is -2.01. The van der Waals surface area contributed by atoms with Gasteiger partial charge in [0, 0.05) is 12.6 Å². The van der Waals surface area contributed by atoms with E-state index in [2.05, 4.69) is 15.0 Å². The molecule has 5 nitrogen and oxygen atoms in total. The first-order chi connectivity index (χ1) is 6.77. The van der Waals surface area contributed by atoms with Crippen LogP contribution in [0.5, 0.6) is 5.88 Å². The molecule has 0 radical (unpaired) electrons. The van der Waals surface area contributed by atoms with Gasteiger partial charge in [0.25, 0.3) is 0 Å². The van der Waals surface area contributed by atoms with Crippen molar-refractivity contribution in [1.82, 2.24) is 9.97 Å². The molecule has 0 amide bonds. The van der Waals surface area contributed by atoms with Crippen molar-refractivity contribution in [2.75, 3.05) is 13.7 Å². The maximum Gasteiger partial charge on any atom is 0.216 e. The van der Waals surface area contributed by atoms with Gasteiger partial charge in [-0.3, -0.25) is 4.99 Å². The highest BCUT2D eigenvalue weighted by atomic mass is 16.5. The normalized spacial score (nSPS) is 11.4. The molecule has 76 valence electrons. The van der Waals surface area contributed by atoms with Gasteiger partial charge in [-0.25, -0.2) is 9.97 Å². The largest absolute Gasteiger partial charge is 0.481 e. The Morgan fingerprint density at radius 2 is 2.36 bits per heavy atom. The first kappa shape index (κ1) is 10.4. The fourth-order valence-corrected chi connectivity index (χ4v) is 0.904. The van der Waals surface area contributed by atoms with Crippen LogP contribution in [0.4, 0.5) is 0 Å². The van der Waals surface area contributed by atoms with E-state index in [1.165, 1.54) is 6.33 Å². The molecule has 0 unspecified atom stereocenters. The molecule has 5 heteroatoms. The lowest BCUT2D eigenvalue weighted by Crippen LogP contribution is -2.16. The molecule has 0 atom stereocenters. The predicted molar refractivity (Wildman–Crippen MR) is 54.5 cm³/mol. The van der Waals surface area contributed by atoms with Crippen LogP contribution in [-0.4, -0.2) is 29.5 Å². The average molecular weight is 194 g/mol. The molecule has 0 spiro atoms. The van der Waals surface area contributed by atoms with Gasteiger partial charge in [0.15, 0.2) is 0 Å².